The zero-order chi connectivity index (χ0) is 29.9. The van der Waals surface area contributed by atoms with E-state index in [4.69, 9.17) is 9.47 Å². The average Bonchev–Trinajstić information content (AvgIpc) is 3.42. The quantitative estimate of drug-likeness (QED) is 0.145. The van der Waals surface area contributed by atoms with Crippen molar-refractivity contribution in [3.05, 3.63) is 59.7 Å². The Labute approximate surface area is 234 Å². The molecule has 12 nitrogen and oxygen atoms in total. The highest BCUT2D eigenvalue weighted by Gasteiger charge is 2.69. The Kier molecular flexibility index (Phi) is 8.27. The number of carboxylic acids is 1. The molecule has 41 heavy (non-hydrogen) atoms. The van der Waals surface area contributed by atoms with Gasteiger partial charge < -0.3 is 45.2 Å². The molecule has 0 radical (unpaired) electrons. The molecule has 12 heteroatoms. The number of benzene rings is 2. The highest BCUT2D eigenvalue weighted by molar-refractivity contribution is 5.89. The van der Waals surface area contributed by atoms with E-state index in [1.807, 2.05) is 0 Å². The van der Waals surface area contributed by atoms with Crippen molar-refractivity contribution < 1.29 is 59.6 Å². The Morgan fingerprint density at radius 2 is 1.27 bits per heavy atom. The zero-order valence-corrected chi connectivity index (χ0v) is 21.7. The number of rotatable bonds is 7. The van der Waals surface area contributed by atoms with Crippen LogP contribution in [0, 0.1) is 5.41 Å². The molecule has 2 fully saturated rings. The van der Waals surface area contributed by atoms with Crippen LogP contribution >= 0.6 is 0 Å². The lowest BCUT2D eigenvalue weighted by Crippen LogP contribution is -2.70. The molecule has 0 heterocycles. The third-order valence-corrected chi connectivity index (χ3v) is 7.72. The monoisotopic (exact) mass is 570 g/mol. The van der Waals surface area contributed by atoms with Crippen LogP contribution in [0.1, 0.15) is 43.2 Å². The number of phenolic OH excluding ortho intramolecular Hbond substituents is 4. The third kappa shape index (κ3) is 5.83. The van der Waals surface area contributed by atoms with E-state index in [0.29, 0.717) is 24.0 Å². The first-order valence-corrected chi connectivity index (χ1v) is 12.8. The molecule has 0 aromatic heterocycles. The van der Waals surface area contributed by atoms with Gasteiger partial charge in [-0.05, 0) is 60.4 Å². The van der Waals surface area contributed by atoms with E-state index in [1.165, 1.54) is 48.6 Å². The summed E-state index contributed by atoms with van der Waals surface area (Å²) >= 11 is 0. The first kappa shape index (κ1) is 29.4. The summed E-state index contributed by atoms with van der Waals surface area (Å²) in [7, 11) is 0. The van der Waals surface area contributed by atoms with E-state index in [2.05, 4.69) is 0 Å². The molecule has 2 aromatic carbocycles. The molecular weight excluding hydrogens is 540 g/mol. The smallest absolute Gasteiger partial charge is 0.336 e. The molecule has 2 aromatic rings. The van der Waals surface area contributed by atoms with E-state index < -0.39 is 65.2 Å². The van der Waals surface area contributed by atoms with Crippen LogP contribution in [0.3, 0.4) is 0 Å². The number of hydrogen-bond donors (Lipinski definition) is 7. The molecule has 0 bridgehead atoms. The molecule has 2 saturated carbocycles. The number of aliphatic hydroxyl groups excluding tert-OH is 1. The molecule has 1 spiro atoms. The van der Waals surface area contributed by atoms with E-state index in [9.17, 15) is 50.1 Å². The van der Waals surface area contributed by atoms with Crippen molar-refractivity contribution in [1.82, 2.24) is 0 Å². The number of aliphatic carboxylic acids is 1. The Morgan fingerprint density at radius 3 is 1.73 bits per heavy atom. The Hall–Kier alpha value is -4.55. The molecule has 4 unspecified atom stereocenters. The molecule has 4 rings (SSSR count). The lowest BCUT2D eigenvalue weighted by atomic mass is 9.58. The van der Waals surface area contributed by atoms with Gasteiger partial charge in [0, 0.05) is 18.6 Å². The second kappa shape index (κ2) is 11.5. The maximum absolute atomic E-state index is 12.9. The first-order chi connectivity index (χ1) is 19.4. The van der Waals surface area contributed by atoms with E-state index in [-0.39, 0.29) is 24.3 Å². The molecule has 4 atom stereocenters. The van der Waals surface area contributed by atoms with Crippen LogP contribution in [0.25, 0.3) is 12.2 Å². The minimum Gasteiger partial charge on any atom is -0.504 e. The predicted molar refractivity (Wildman–Crippen MR) is 141 cm³/mol. The van der Waals surface area contributed by atoms with Crippen LogP contribution in [0.5, 0.6) is 23.0 Å². The number of phenols is 4. The Morgan fingerprint density at radius 1 is 0.780 bits per heavy atom. The second-order valence-corrected chi connectivity index (χ2v) is 10.2. The summed E-state index contributed by atoms with van der Waals surface area (Å²) in [5.41, 5.74) is -3.40. The number of aromatic hydroxyl groups is 4. The van der Waals surface area contributed by atoms with Gasteiger partial charge >= 0.3 is 17.9 Å². The van der Waals surface area contributed by atoms with Gasteiger partial charge in [0.2, 0.25) is 0 Å². The third-order valence-electron chi connectivity index (χ3n) is 7.72. The van der Waals surface area contributed by atoms with Crippen molar-refractivity contribution in [2.45, 2.75) is 56.0 Å². The normalized spacial score (nSPS) is 25.5. The zero-order valence-electron chi connectivity index (χ0n) is 21.7. The molecule has 0 amide bonds. The number of carbonyl (C=O) groups is 3. The molecule has 2 aliphatic rings. The van der Waals surface area contributed by atoms with Crippen molar-refractivity contribution >= 4 is 30.1 Å². The van der Waals surface area contributed by atoms with Gasteiger partial charge in [-0.3, -0.25) is 0 Å². The summed E-state index contributed by atoms with van der Waals surface area (Å²) in [5, 5.41) is 70.5. The summed E-state index contributed by atoms with van der Waals surface area (Å²) in [6.07, 6.45) is 0.247. The number of ether oxygens (including phenoxy) is 2. The van der Waals surface area contributed by atoms with Gasteiger partial charge in [-0.25, -0.2) is 14.4 Å². The van der Waals surface area contributed by atoms with Crippen molar-refractivity contribution in [2.75, 3.05) is 0 Å². The minimum absolute atomic E-state index is 0.118. The van der Waals surface area contributed by atoms with Gasteiger partial charge in [0.15, 0.2) is 40.8 Å². The summed E-state index contributed by atoms with van der Waals surface area (Å²) in [6.45, 7) is 0. The number of esters is 2. The molecule has 0 saturated heterocycles. The van der Waals surface area contributed by atoms with Crippen LogP contribution in [-0.4, -0.2) is 77.6 Å². The fourth-order valence-corrected chi connectivity index (χ4v) is 5.65. The van der Waals surface area contributed by atoms with Crippen molar-refractivity contribution in [3.8, 4) is 23.0 Å². The molecule has 0 aliphatic heterocycles. The summed E-state index contributed by atoms with van der Waals surface area (Å²) < 4.78 is 11.1. The lowest BCUT2D eigenvalue weighted by molar-refractivity contribution is -0.252. The maximum Gasteiger partial charge on any atom is 0.336 e. The van der Waals surface area contributed by atoms with Gasteiger partial charge in [-0.1, -0.05) is 25.0 Å². The first-order valence-electron chi connectivity index (χ1n) is 12.8. The van der Waals surface area contributed by atoms with Crippen LogP contribution < -0.4 is 0 Å². The minimum atomic E-state index is -2.48. The van der Waals surface area contributed by atoms with Crippen molar-refractivity contribution in [2.24, 2.45) is 5.41 Å². The highest BCUT2D eigenvalue weighted by atomic mass is 16.6. The largest absolute Gasteiger partial charge is 0.504 e. The molecule has 218 valence electrons. The fraction of sp³-hybridized carbons (Fsp3) is 0.345. The van der Waals surface area contributed by atoms with Crippen molar-refractivity contribution in [1.29, 1.82) is 0 Å². The van der Waals surface area contributed by atoms with Gasteiger partial charge in [0.25, 0.3) is 0 Å². The second-order valence-electron chi connectivity index (χ2n) is 10.2. The number of carboxylic acid groups (broad SMARTS) is 1. The fourth-order valence-electron chi connectivity index (χ4n) is 5.65. The van der Waals surface area contributed by atoms with Crippen molar-refractivity contribution in [3.63, 3.8) is 0 Å². The van der Waals surface area contributed by atoms with E-state index in [0.717, 1.165) is 12.2 Å². The summed E-state index contributed by atoms with van der Waals surface area (Å²) in [5.74, 6) is -5.14. The molecule has 2 aliphatic carbocycles. The number of carbonyl (C=O) groups excluding carboxylic acids is 2. The van der Waals surface area contributed by atoms with Crippen LogP contribution in [0.2, 0.25) is 0 Å². The maximum atomic E-state index is 12.9. The number of hydrogen-bond acceptors (Lipinski definition) is 11. The summed E-state index contributed by atoms with van der Waals surface area (Å²) in [4.78, 5) is 38.0. The van der Waals surface area contributed by atoms with Gasteiger partial charge in [-0.2, -0.15) is 0 Å². The standard InChI is InChI=1S/C29H30O12/c30-18-7-3-16(13-20(18)32)5-9-23(35)40-25-22(34)15-29(39,27(37)38)28(11-1-2-12-28)26(25)41-24(36)10-6-17-4-8-19(31)21(33)14-17/h3-10,13-14,22,25-26,30-34,39H,1-2,11-12,15H2,(H,37,38). The topological polar surface area (TPSA) is 211 Å². The Bertz CT molecular complexity index is 1390. The molecular formula is C29H30O12. The SMILES string of the molecule is O=C(C=Cc1ccc(O)c(O)c1)OC1C(O)CC(O)(C(=O)O)C2(CCCC2)C1OC(=O)C=Cc1ccc(O)c(O)c1. The van der Waals surface area contributed by atoms with E-state index in [1.54, 1.807) is 0 Å². The Balaban J connectivity index is 1.63. The van der Waals surface area contributed by atoms with Gasteiger partial charge in [-0.15, -0.1) is 0 Å². The number of aliphatic hydroxyl groups is 2. The summed E-state index contributed by atoms with van der Waals surface area (Å²) in [6, 6.07) is 7.63. The van der Waals surface area contributed by atoms with Gasteiger partial charge in [0.1, 0.15) is 0 Å². The molecule has 7 N–H and O–H groups in total. The predicted octanol–water partition coefficient (Wildman–Crippen LogP) is 2.20. The van der Waals surface area contributed by atoms with Crippen LogP contribution in [-0.2, 0) is 23.9 Å². The van der Waals surface area contributed by atoms with E-state index >= 15 is 0 Å². The van der Waals surface area contributed by atoms with Crippen LogP contribution in [0.4, 0.5) is 0 Å². The van der Waals surface area contributed by atoms with Gasteiger partial charge in [0.05, 0.1) is 11.5 Å². The van der Waals surface area contributed by atoms with Crippen LogP contribution in [0.15, 0.2) is 48.6 Å². The average molecular weight is 571 g/mol. The lowest BCUT2D eigenvalue weighted by Gasteiger charge is -2.53. The highest BCUT2D eigenvalue weighted by Crippen LogP contribution is 2.56.